The topological polar surface area (TPSA) is 27.1 Å². The van der Waals surface area contributed by atoms with Gasteiger partial charge < -0.3 is 9.30 Å². The van der Waals surface area contributed by atoms with E-state index in [0.29, 0.717) is 0 Å². The maximum absolute atomic E-state index is 5.80. The Bertz CT molecular complexity index is 510. The van der Waals surface area contributed by atoms with E-state index in [2.05, 4.69) is 29.2 Å². The van der Waals surface area contributed by atoms with Crippen LogP contribution in [-0.2, 0) is 11.8 Å². The summed E-state index contributed by atoms with van der Waals surface area (Å²) in [6.07, 6.45) is 7.69. The van der Waals surface area contributed by atoms with Crippen molar-refractivity contribution in [2.45, 2.75) is 25.4 Å². The smallest absolute Gasteiger partial charge is 0.139 e. The molecule has 3 rings (SSSR count). The molecule has 1 aromatic carbocycles. The first-order valence-corrected chi connectivity index (χ1v) is 6.54. The zero-order valence-electron chi connectivity index (χ0n) is 10.7. The molecule has 2 heterocycles. The number of aryl methyl sites for hydroxylation is 1. The minimum absolute atomic E-state index is 0.286. The lowest BCUT2D eigenvalue weighted by molar-refractivity contribution is 0.0149. The van der Waals surface area contributed by atoms with Crippen molar-refractivity contribution in [3.63, 3.8) is 0 Å². The van der Waals surface area contributed by atoms with E-state index in [1.165, 1.54) is 18.4 Å². The van der Waals surface area contributed by atoms with Crippen molar-refractivity contribution < 1.29 is 4.74 Å². The molecule has 0 spiro atoms. The molecule has 1 saturated heterocycles. The van der Waals surface area contributed by atoms with Gasteiger partial charge in [0, 0.05) is 31.6 Å². The second-order valence-electron chi connectivity index (χ2n) is 4.84. The molecule has 18 heavy (non-hydrogen) atoms. The van der Waals surface area contributed by atoms with Gasteiger partial charge in [-0.15, -0.1) is 0 Å². The number of hydrogen-bond acceptors (Lipinski definition) is 2. The van der Waals surface area contributed by atoms with Gasteiger partial charge >= 0.3 is 0 Å². The zero-order chi connectivity index (χ0) is 12.4. The third-order valence-corrected chi connectivity index (χ3v) is 3.54. The molecule has 0 N–H and O–H groups in total. The number of aromatic nitrogens is 2. The predicted octanol–water partition coefficient (Wildman–Crippen LogP) is 3.33. The predicted molar refractivity (Wildman–Crippen MR) is 71.2 cm³/mol. The molecule has 0 aliphatic carbocycles. The highest BCUT2D eigenvalue weighted by atomic mass is 16.5. The molecular formula is C15H18N2O. The van der Waals surface area contributed by atoms with E-state index in [4.69, 9.17) is 4.74 Å². The SMILES string of the molecule is Cn1ccnc1-c1ccc(C2CCCCO2)cc1. The summed E-state index contributed by atoms with van der Waals surface area (Å²) in [6.45, 7) is 0.895. The molecule has 1 aliphatic heterocycles. The van der Waals surface area contributed by atoms with Gasteiger partial charge in [0.2, 0.25) is 0 Å². The summed E-state index contributed by atoms with van der Waals surface area (Å²) in [6, 6.07) is 8.60. The van der Waals surface area contributed by atoms with Gasteiger partial charge in [0.15, 0.2) is 0 Å². The van der Waals surface area contributed by atoms with Crippen molar-refractivity contribution in [2.24, 2.45) is 7.05 Å². The molecule has 1 unspecified atom stereocenters. The standard InChI is InChI=1S/C15H18N2O/c1-17-10-9-16-15(17)13-7-5-12(6-8-13)14-4-2-3-11-18-14/h5-10,14H,2-4,11H2,1H3. The molecule has 0 amide bonds. The van der Waals surface area contributed by atoms with Crippen LogP contribution in [0.25, 0.3) is 11.4 Å². The molecule has 0 saturated carbocycles. The third kappa shape index (κ3) is 2.18. The lowest BCUT2D eigenvalue weighted by atomic mass is 10.0. The Morgan fingerprint density at radius 1 is 1.22 bits per heavy atom. The summed E-state index contributed by atoms with van der Waals surface area (Å²) >= 11 is 0. The van der Waals surface area contributed by atoms with Crippen molar-refractivity contribution >= 4 is 0 Å². The molecule has 0 radical (unpaired) electrons. The van der Waals surface area contributed by atoms with Gasteiger partial charge in [-0.05, 0) is 24.8 Å². The van der Waals surface area contributed by atoms with Crippen molar-refractivity contribution in [2.75, 3.05) is 6.61 Å². The average Bonchev–Trinajstić information content (AvgIpc) is 2.86. The normalized spacial score (nSPS) is 19.9. The maximum Gasteiger partial charge on any atom is 0.139 e. The van der Waals surface area contributed by atoms with E-state index < -0.39 is 0 Å². The first-order chi connectivity index (χ1) is 8.84. The Labute approximate surface area is 107 Å². The second-order valence-corrected chi connectivity index (χ2v) is 4.84. The fraction of sp³-hybridized carbons (Fsp3) is 0.400. The van der Waals surface area contributed by atoms with Crippen molar-refractivity contribution in [1.82, 2.24) is 9.55 Å². The first-order valence-electron chi connectivity index (χ1n) is 6.54. The third-order valence-electron chi connectivity index (χ3n) is 3.54. The summed E-state index contributed by atoms with van der Waals surface area (Å²) < 4.78 is 7.83. The van der Waals surface area contributed by atoms with Gasteiger partial charge in [-0.2, -0.15) is 0 Å². The summed E-state index contributed by atoms with van der Waals surface area (Å²) in [4.78, 5) is 4.36. The molecule has 1 fully saturated rings. The molecule has 0 bridgehead atoms. The van der Waals surface area contributed by atoms with Crippen molar-refractivity contribution in [3.8, 4) is 11.4 Å². The van der Waals surface area contributed by atoms with Gasteiger partial charge in [-0.3, -0.25) is 0 Å². The highest BCUT2D eigenvalue weighted by Crippen LogP contribution is 2.29. The summed E-state index contributed by atoms with van der Waals surface area (Å²) in [5.74, 6) is 1.01. The van der Waals surface area contributed by atoms with Crippen LogP contribution in [0.5, 0.6) is 0 Å². The fourth-order valence-corrected chi connectivity index (χ4v) is 2.49. The van der Waals surface area contributed by atoms with E-state index in [9.17, 15) is 0 Å². The van der Waals surface area contributed by atoms with Crippen LogP contribution < -0.4 is 0 Å². The second kappa shape index (κ2) is 4.94. The van der Waals surface area contributed by atoms with Crippen LogP contribution in [0.4, 0.5) is 0 Å². The number of imidazole rings is 1. The Morgan fingerprint density at radius 2 is 2.06 bits per heavy atom. The van der Waals surface area contributed by atoms with E-state index in [1.54, 1.807) is 0 Å². The van der Waals surface area contributed by atoms with Gasteiger partial charge in [0.25, 0.3) is 0 Å². The highest BCUT2D eigenvalue weighted by Gasteiger charge is 2.16. The summed E-state index contributed by atoms with van der Waals surface area (Å²) in [5.41, 5.74) is 2.44. The zero-order valence-corrected chi connectivity index (χ0v) is 10.7. The van der Waals surface area contributed by atoms with Crippen LogP contribution in [0.1, 0.15) is 30.9 Å². The molecule has 94 valence electrons. The summed E-state index contributed by atoms with van der Waals surface area (Å²) in [5, 5.41) is 0. The van der Waals surface area contributed by atoms with E-state index in [0.717, 1.165) is 24.4 Å². The Hall–Kier alpha value is -1.61. The maximum atomic E-state index is 5.80. The van der Waals surface area contributed by atoms with E-state index in [1.807, 2.05) is 24.0 Å². The van der Waals surface area contributed by atoms with Crippen LogP contribution in [0.2, 0.25) is 0 Å². The molecule has 1 aliphatic rings. The number of hydrogen-bond donors (Lipinski definition) is 0. The Balaban J connectivity index is 1.82. The van der Waals surface area contributed by atoms with Crippen LogP contribution in [0.3, 0.4) is 0 Å². The summed E-state index contributed by atoms with van der Waals surface area (Å²) in [7, 11) is 2.01. The monoisotopic (exact) mass is 242 g/mol. The minimum atomic E-state index is 0.286. The van der Waals surface area contributed by atoms with Gasteiger partial charge in [-0.25, -0.2) is 4.98 Å². The highest BCUT2D eigenvalue weighted by molar-refractivity contribution is 5.56. The molecule has 2 aromatic rings. The number of rotatable bonds is 2. The van der Waals surface area contributed by atoms with Crippen LogP contribution in [-0.4, -0.2) is 16.2 Å². The molecule has 3 nitrogen and oxygen atoms in total. The Kier molecular flexibility index (Phi) is 3.15. The fourth-order valence-electron chi connectivity index (χ4n) is 2.49. The molecule has 1 atom stereocenters. The van der Waals surface area contributed by atoms with Crippen LogP contribution in [0, 0.1) is 0 Å². The molecule has 1 aromatic heterocycles. The number of ether oxygens (including phenoxy) is 1. The molecular weight excluding hydrogens is 224 g/mol. The minimum Gasteiger partial charge on any atom is -0.374 e. The van der Waals surface area contributed by atoms with E-state index in [-0.39, 0.29) is 6.10 Å². The van der Waals surface area contributed by atoms with Crippen LogP contribution >= 0.6 is 0 Å². The van der Waals surface area contributed by atoms with Crippen molar-refractivity contribution in [1.29, 1.82) is 0 Å². The lowest BCUT2D eigenvalue weighted by Gasteiger charge is -2.23. The quantitative estimate of drug-likeness (QED) is 0.807. The average molecular weight is 242 g/mol. The Morgan fingerprint density at radius 3 is 2.67 bits per heavy atom. The molecule has 3 heteroatoms. The largest absolute Gasteiger partial charge is 0.374 e. The lowest BCUT2D eigenvalue weighted by Crippen LogP contribution is -2.11. The van der Waals surface area contributed by atoms with Gasteiger partial charge in [0.1, 0.15) is 5.82 Å². The van der Waals surface area contributed by atoms with Crippen LogP contribution in [0.15, 0.2) is 36.7 Å². The van der Waals surface area contributed by atoms with E-state index >= 15 is 0 Å². The first kappa shape index (κ1) is 11.5. The number of nitrogens with zero attached hydrogens (tertiary/aromatic N) is 2. The van der Waals surface area contributed by atoms with Gasteiger partial charge in [0.05, 0.1) is 6.10 Å². The van der Waals surface area contributed by atoms with Crippen molar-refractivity contribution in [3.05, 3.63) is 42.2 Å². The number of benzene rings is 1. The van der Waals surface area contributed by atoms with Gasteiger partial charge in [-0.1, -0.05) is 24.3 Å².